The van der Waals surface area contributed by atoms with Crippen molar-refractivity contribution in [1.29, 1.82) is 0 Å². The summed E-state index contributed by atoms with van der Waals surface area (Å²) >= 11 is 6.64. The second-order valence-corrected chi connectivity index (χ2v) is 9.57. The molecule has 0 spiro atoms. The summed E-state index contributed by atoms with van der Waals surface area (Å²) in [6.45, 7) is 5.04. The number of carbonyl (C=O) groups is 1. The number of hydrogen-bond donors (Lipinski definition) is 1. The lowest BCUT2D eigenvalue weighted by atomic mass is 10.00. The van der Waals surface area contributed by atoms with Gasteiger partial charge in [0, 0.05) is 68.5 Å². The van der Waals surface area contributed by atoms with Gasteiger partial charge in [-0.05, 0) is 30.8 Å². The summed E-state index contributed by atoms with van der Waals surface area (Å²) < 4.78 is 10.8. The Balaban J connectivity index is 1.39. The number of likely N-dealkylation sites (N-methyl/N-ethyl adjacent to an activating group) is 1. The minimum Gasteiger partial charge on any atom is -0.497 e. The van der Waals surface area contributed by atoms with E-state index in [1.165, 1.54) is 0 Å². The van der Waals surface area contributed by atoms with Gasteiger partial charge in [0.2, 0.25) is 0 Å². The van der Waals surface area contributed by atoms with Crippen molar-refractivity contribution in [2.75, 3.05) is 52.8 Å². The van der Waals surface area contributed by atoms with E-state index in [9.17, 15) is 4.79 Å². The molecule has 2 aromatic carbocycles. The first-order chi connectivity index (χ1) is 18.5. The molecule has 1 amide bonds. The van der Waals surface area contributed by atoms with Crippen LogP contribution in [0.4, 0.5) is 5.82 Å². The van der Waals surface area contributed by atoms with Gasteiger partial charge in [-0.1, -0.05) is 23.7 Å². The number of methoxy groups -OCH3 is 2. The zero-order chi connectivity index (χ0) is 26.6. The molecular formula is C28H29ClN6O3. The Morgan fingerprint density at radius 2 is 1.71 bits per heavy atom. The van der Waals surface area contributed by atoms with Crippen molar-refractivity contribution in [3.63, 3.8) is 0 Å². The van der Waals surface area contributed by atoms with Gasteiger partial charge < -0.3 is 19.7 Å². The molecule has 1 N–H and O–H groups in total. The lowest BCUT2D eigenvalue weighted by Crippen LogP contribution is -2.43. The largest absolute Gasteiger partial charge is 0.497 e. The van der Waals surface area contributed by atoms with Gasteiger partial charge in [0.15, 0.2) is 0 Å². The molecule has 0 radical (unpaired) electrons. The summed E-state index contributed by atoms with van der Waals surface area (Å²) in [5, 5.41) is 3.31. The fourth-order valence-electron chi connectivity index (χ4n) is 4.53. The van der Waals surface area contributed by atoms with Crippen LogP contribution in [0.3, 0.4) is 0 Å². The van der Waals surface area contributed by atoms with E-state index in [0.29, 0.717) is 50.1 Å². The van der Waals surface area contributed by atoms with Gasteiger partial charge in [-0.2, -0.15) is 0 Å². The van der Waals surface area contributed by atoms with Crippen molar-refractivity contribution < 1.29 is 14.3 Å². The number of nitrogens with zero attached hydrogens (tertiary/aromatic N) is 5. The molecule has 1 aliphatic rings. The molecule has 196 valence electrons. The van der Waals surface area contributed by atoms with Crippen LogP contribution in [-0.4, -0.2) is 78.1 Å². The molecule has 1 fully saturated rings. The lowest BCUT2D eigenvalue weighted by Gasteiger charge is -2.32. The molecule has 0 bridgehead atoms. The fraction of sp³-hybridized carbons (Fsp3) is 0.286. The fourth-order valence-corrected chi connectivity index (χ4v) is 4.82. The van der Waals surface area contributed by atoms with Crippen LogP contribution in [0.1, 0.15) is 15.9 Å². The monoisotopic (exact) mass is 532 g/mol. The van der Waals surface area contributed by atoms with Gasteiger partial charge in [-0.3, -0.25) is 19.7 Å². The zero-order valence-corrected chi connectivity index (χ0v) is 22.3. The Labute approximate surface area is 226 Å². The molecule has 5 rings (SSSR count). The number of nitrogens with one attached hydrogen (secondary N) is 1. The van der Waals surface area contributed by atoms with Gasteiger partial charge in [0.25, 0.3) is 5.91 Å². The molecule has 38 heavy (non-hydrogen) atoms. The Bertz CT molecular complexity index is 1460. The van der Waals surface area contributed by atoms with Crippen LogP contribution in [0.5, 0.6) is 11.5 Å². The van der Waals surface area contributed by atoms with E-state index in [-0.39, 0.29) is 5.91 Å². The smallest absolute Gasteiger partial charge is 0.259 e. The van der Waals surface area contributed by atoms with Gasteiger partial charge in [0.05, 0.1) is 30.3 Å². The molecule has 1 aliphatic heterocycles. The Morgan fingerprint density at radius 1 is 0.947 bits per heavy atom. The zero-order valence-electron chi connectivity index (χ0n) is 21.6. The van der Waals surface area contributed by atoms with Crippen LogP contribution in [0, 0.1) is 0 Å². The van der Waals surface area contributed by atoms with Crippen LogP contribution < -0.4 is 14.8 Å². The molecule has 4 aromatic rings. The van der Waals surface area contributed by atoms with Crippen molar-refractivity contribution in [3.05, 3.63) is 71.1 Å². The van der Waals surface area contributed by atoms with Crippen LogP contribution in [0.2, 0.25) is 5.02 Å². The van der Waals surface area contributed by atoms with E-state index < -0.39 is 0 Å². The first-order valence-electron chi connectivity index (χ1n) is 12.3. The normalized spacial score (nSPS) is 14.4. The molecule has 0 atom stereocenters. The average Bonchev–Trinajstić information content (AvgIpc) is 2.95. The van der Waals surface area contributed by atoms with Gasteiger partial charge in [0.1, 0.15) is 22.8 Å². The molecule has 2 aromatic heterocycles. The van der Waals surface area contributed by atoms with E-state index in [4.69, 9.17) is 21.1 Å². The summed E-state index contributed by atoms with van der Waals surface area (Å²) in [4.78, 5) is 31.5. The maximum Gasteiger partial charge on any atom is 0.259 e. The number of ether oxygens (including phenoxy) is 2. The third kappa shape index (κ3) is 5.40. The summed E-state index contributed by atoms with van der Waals surface area (Å²) in [5.41, 5.74) is 3.85. The average molecular weight is 533 g/mol. The number of rotatable bonds is 7. The number of anilines is 1. The number of piperazine rings is 1. The molecule has 3 heterocycles. The first kappa shape index (κ1) is 25.8. The first-order valence-corrected chi connectivity index (χ1v) is 12.7. The van der Waals surface area contributed by atoms with Crippen LogP contribution >= 0.6 is 11.6 Å². The number of carbonyl (C=O) groups excluding carboxylic acids is 1. The lowest BCUT2D eigenvalue weighted by molar-refractivity contribution is 0.102. The molecule has 0 aliphatic carbocycles. The molecule has 9 nitrogen and oxygen atoms in total. The Hall–Kier alpha value is -3.79. The summed E-state index contributed by atoms with van der Waals surface area (Å²) in [5.74, 6) is 1.21. The van der Waals surface area contributed by atoms with E-state index in [2.05, 4.69) is 37.1 Å². The number of benzene rings is 2. The maximum atomic E-state index is 13.3. The molecule has 1 saturated heterocycles. The number of hydrogen-bond acceptors (Lipinski definition) is 8. The van der Waals surface area contributed by atoms with Crippen molar-refractivity contribution in [3.8, 4) is 22.6 Å². The predicted octanol–water partition coefficient (Wildman–Crippen LogP) is 4.36. The summed E-state index contributed by atoms with van der Waals surface area (Å²) in [6.07, 6.45) is 4.95. The SMILES string of the molecule is COc1cc(OC)c(Cl)c(-c2ccc(C(=O)Nc3ccc(CN4CCN(C)CC4)cn3)c3nccnc23)c1. The van der Waals surface area contributed by atoms with Crippen molar-refractivity contribution in [1.82, 2.24) is 24.8 Å². The molecule has 10 heteroatoms. The predicted molar refractivity (Wildman–Crippen MR) is 148 cm³/mol. The number of halogens is 1. The van der Waals surface area contributed by atoms with E-state index in [1.54, 1.807) is 44.8 Å². The Morgan fingerprint density at radius 3 is 2.39 bits per heavy atom. The number of pyridine rings is 1. The van der Waals surface area contributed by atoms with E-state index in [1.807, 2.05) is 24.4 Å². The van der Waals surface area contributed by atoms with Crippen molar-refractivity contribution in [2.24, 2.45) is 0 Å². The highest BCUT2D eigenvalue weighted by molar-refractivity contribution is 6.35. The third-order valence-corrected chi connectivity index (χ3v) is 7.09. The van der Waals surface area contributed by atoms with Crippen molar-refractivity contribution >= 4 is 34.4 Å². The van der Waals surface area contributed by atoms with Gasteiger partial charge in [-0.25, -0.2) is 4.98 Å². The highest BCUT2D eigenvalue weighted by Crippen LogP contribution is 2.41. The summed E-state index contributed by atoms with van der Waals surface area (Å²) in [7, 11) is 5.26. The van der Waals surface area contributed by atoms with Crippen LogP contribution in [0.25, 0.3) is 22.2 Å². The third-order valence-electron chi connectivity index (χ3n) is 6.70. The highest BCUT2D eigenvalue weighted by atomic mass is 35.5. The minimum absolute atomic E-state index is 0.323. The number of aromatic nitrogens is 3. The standard InChI is InChI=1S/C28H29ClN6O3/c1-34-10-12-35(13-11-34)17-18-4-7-24(32-16-18)33-28(36)21-6-5-20(26-27(21)31-9-8-30-26)22-14-19(37-2)15-23(38-3)25(22)29/h4-9,14-16H,10-13,17H2,1-3H3,(H,32,33,36). The van der Waals surface area contributed by atoms with Gasteiger partial charge in [-0.15, -0.1) is 0 Å². The van der Waals surface area contributed by atoms with E-state index in [0.717, 1.165) is 38.3 Å². The summed E-state index contributed by atoms with van der Waals surface area (Å²) in [6, 6.07) is 10.9. The topological polar surface area (TPSA) is 92.7 Å². The second kappa shape index (κ2) is 11.3. The van der Waals surface area contributed by atoms with Gasteiger partial charge >= 0.3 is 0 Å². The van der Waals surface area contributed by atoms with E-state index >= 15 is 0 Å². The van der Waals surface area contributed by atoms with Crippen LogP contribution in [0.15, 0.2) is 55.0 Å². The van der Waals surface area contributed by atoms with Crippen LogP contribution in [-0.2, 0) is 6.54 Å². The number of amides is 1. The quantitative estimate of drug-likeness (QED) is 0.375. The second-order valence-electron chi connectivity index (χ2n) is 9.19. The van der Waals surface area contributed by atoms with Crippen molar-refractivity contribution in [2.45, 2.75) is 6.54 Å². The maximum absolute atomic E-state index is 13.3. The Kier molecular flexibility index (Phi) is 7.69. The molecule has 0 saturated carbocycles. The molecular weight excluding hydrogens is 504 g/mol. The number of fused-ring (bicyclic) bond motifs is 1. The highest BCUT2D eigenvalue weighted by Gasteiger charge is 2.20. The molecule has 0 unspecified atom stereocenters. The minimum atomic E-state index is -0.323.